The van der Waals surface area contributed by atoms with Crippen molar-refractivity contribution in [2.75, 3.05) is 26.2 Å². The normalized spacial score (nSPS) is 23.5. The molecule has 6 heteroatoms. The monoisotopic (exact) mass is 418 g/mol. The number of aromatic nitrogens is 4. The van der Waals surface area contributed by atoms with Crippen LogP contribution in [0.3, 0.4) is 0 Å². The van der Waals surface area contributed by atoms with Gasteiger partial charge in [0.25, 0.3) is 0 Å². The van der Waals surface area contributed by atoms with Gasteiger partial charge in [0.05, 0.1) is 6.04 Å². The Bertz CT molecular complexity index is 927. The van der Waals surface area contributed by atoms with Gasteiger partial charge in [0.2, 0.25) is 5.82 Å². The van der Waals surface area contributed by atoms with E-state index in [0.717, 1.165) is 25.5 Å². The molecule has 0 radical (unpaired) electrons. The standard InChI is InChI=1S/C25H32N6/c1-4-10-21(11-5-1)20-29-16-18-30(19-17-29)24(22-12-6-2-7-13-22)25-26-27-28-31(25)23-14-8-3-9-15-23/h1-2,4-7,10-13,23-24H,3,8-9,14-20H2/p+2/t24-/m1/s1. The molecule has 2 aromatic carbocycles. The van der Waals surface area contributed by atoms with Gasteiger partial charge in [0.1, 0.15) is 32.7 Å². The van der Waals surface area contributed by atoms with Crippen molar-refractivity contribution < 1.29 is 9.80 Å². The number of benzene rings is 2. The van der Waals surface area contributed by atoms with Crippen LogP contribution in [-0.4, -0.2) is 46.4 Å². The molecule has 2 fully saturated rings. The third kappa shape index (κ3) is 4.70. The lowest BCUT2D eigenvalue weighted by Gasteiger charge is -2.35. The van der Waals surface area contributed by atoms with Crippen LogP contribution >= 0.6 is 0 Å². The molecule has 1 atom stereocenters. The first-order valence-corrected chi connectivity index (χ1v) is 11.9. The predicted octanol–water partition coefficient (Wildman–Crippen LogP) is 1.25. The first kappa shape index (κ1) is 20.3. The van der Waals surface area contributed by atoms with E-state index in [4.69, 9.17) is 0 Å². The second-order valence-corrected chi connectivity index (χ2v) is 9.19. The quantitative estimate of drug-likeness (QED) is 0.634. The summed E-state index contributed by atoms with van der Waals surface area (Å²) in [5.74, 6) is 1.06. The molecule has 2 aliphatic rings. The van der Waals surface area contributed by atoms with Gasteiger partial charge in [0.15, 0.2) is 6.04 Å². The third-order valence-corrected chi connectivity index (χ3v) is 7.13. The lowest BCUT2D eigenvalue weighted by Crippen LogP contribution is -3.27. The predicted molar refractivity (Wildman–Crippen MR) is 120 cm³/mol. The summed E-state index contributed by atoms with van der Waals surface area (Å²) in [5, 5.41) is 13.2. The maximum Gasteiger partial charge on any atom is 0.214 e. The van der Waals surface area contributed by atoms with E-state index in [2.05, 4.69) is 80.9 Å². The van der Waals surface area contributed by atoms with Gasteiger partial charge in [-0.2, -0.15) is 0 Å². The van der Waals surface area contributed by atoms with E-state index in [0.29, 0.717) is 6.04 Å². The number of nitrogens with zero attached hydrogens (tertiary/aromatic N) is 4. The average molecular weight is 419 g/mol. The van der Waals surface area contributed by atoms with E-state index in [9.17, 15) is 0 Å². The fourth-order valence-electron chi connectivity index (χ4n) is 5.46. The Morgan fingerprint density at radius 2 is 1.52 bits per heavy atom. The van der Waals surface area contributed by atoms with E-state index in [-0.39, 0.29) is 6.04 Å². The Kier molecular flexibility index (Phi) is 6.37. The van der Waals surface area contributed by atoms with Crippen molar-refractivity contribution in [2.45, 2.75) is 50.7 Å². The van der Waals surface area contributed by atoms with E-state index in [1.165, 1.54) is 56.3 Å². The molecule has 1 saturated heterocycles. The van der Waals surface area contributed by atoms with Crippen LogP contribution < -0.4 is 9.80 Å². The highest BCUT2D eigenvalue weighted by molar-refractivity contribution is 5.22. The van der Waals surface area contributed by atoms with Gasteiger partial charge < -0.3 is 9.80 Å². The van der Waals surface area contributed by atoms with Crippen molar-refractivity contribution in [3.63, 3.8) is 0 Å². The number of nitrogens with one attached hydrogen (secondary N) is 2. The van der Waals surface area contributed by atoms with Gasteiger partial charge in [0, 0.05) is 11.1 Å². The molecule has 0 amide bonds. The molecule has 1 aliphatic heterocycles. The first-order chi connectivity index (χ1) is 15.4. The van der Waals surface area contributed by atoms with Crippen LogP contribution in [0.1, 0.15) is 61.1 Å². The van der Waals surface area contributed by atoms with Crippen molar-refractivity contribution in [1.29, 1.82) is 0 Å². The Morgan fingerprint density at radius 3 is 2.23 bits per heavy atom. The Morgan fingerprint density at radius 1 is 0.839 bits per heavy atom. The number of hydrogen-bond donors (Lipinski definition) is 2. The van der Waals surface area contributed by atoms with Crippen LogP contribution in [-0.2, 0) is 6.54 Å². The van der Waals surface area contributed by atoms with Crippen LogP contribution in [0.25, 0.3) is 0 Å². The van der Waals surface area contributed by atoms with Crippen molar-refractivity contribution in [2.24, 2.45) is 0 Å². The highest BCUT2D eigenvalue weighted by Gasteiger charge is 2.36. The molecule has 2 heterocycles. The molecule has 0 spiro atoms. The van der Waals surface area contributed by atoms with Crippen LogP contribution in [0.4, 0.5) is 0 Å². The summed E-state index contributed by atoms with van der Waals surface area (Å²) in [6.45, 7) is 5.75. The number of piperazine rings is 1. The fourth-order valence-corrected chi connectivity index (χ4v) is 5.46. The van der Waals surface area contributed by atoms with Gasteiger partial charge in [-0.1, -0.05) is 79.9 Å². The van der Waals surface area contributed by atoms with Crippen LogP contribution in [0, 0.1) is 0 Å². The maximum atomic E-state index is 4.60. The molecule has 1 aliphatic carbocycles. The summed E-state index contributed by atoms with van der Waals surface area (Å²) < 4.78 is 2.17. The average Bonchev–Trinajstić information content (AvgIpc) is 3.32. The Hall–Kier alpha value is -2.57. The second-order valence-electron chi connectivity index (χ2n) is 9.19. The van der Waals surface area contributed by atoms with Crippen molar-refractivity contribution >= 4 is 0 Å². The number of rotatable bonds is 6. The molecule has 31 heavy (non-hydrogen) atoms. The van der Waals surface area contributed by atoms with Crippen molar-refractivity contribution in [3.05, 3.63) is 77.6 Å². The zero-order valence-electron chi connectivity index (χ0n) is 18.3. The smallest absolute Gasteiger partial charge is 0.214 e. The minimum Gasteiger partial charge on any atom is -0.322 e. The third-order valence-electron chi connectivity index (χ3n) is 7.13. The second kappa shape index (κ2) is 9.71. The van der Waals surface area contributed by atoms with Gasteiger partial charge in [-0.15, -0.1) is 5.10 Å². The van der Waals surface area contributed by atoms with Gasteiger partial charge in [-0.25, -0.2) is 4.68 Å². The summed E-state index contributed by atoms with van der Waals surface area (Å²) in [5.41, 5.74) is 2.76. The maximum absolute atomic E-state index is 4.60. The highest BCUT2D eigenvalue weighted by atomic mass is 15.6. The largest absolute Gasteiger partial charge is 0.322 e. The molecule has 0 unspecified atom stereocenters. The highest BCUT2D eigenvalue weighted by Crippen LogP contribution is 2.29. The van der Waals surface area contributed by atoms with E-state index in [1.54, 1.807) is 9.80 Å². The molecule has 0 bridgehead atoms. The van der Waals surface area contributed by atoms with Crippen molar-refractivity contribution in [1.82, 2.24) is 20.2 Å². The molecule has 1 aromatic heterocycles. The summed E-state index contributed by atoms with van der Waals surface area (Å²) in [4.78, 5) is 3.27. The van der Waals surface area contributed by atoms with Crippen LogP contribution in [0.15, 0.2) is 60.7 Å². The number of tetrazole rings is 1. The van der Waals surface area contributed by atoms with Crippen molar-refractivity contribution in [3.8, 4) is 0 Å². The molecular weight excluding hydrogens is 384 g/mol. The van der Waals surface area contributed by atoms with E-state index >= 15 is 0 Å². The fraction of sp³-hybridized carbons (Fsp3) is 0.480. The lowest BCUT2D eigenvalue weighted by molar-refractivity contribution is -1.03. The molecule has 3 aromatic rings. The van der Waals surface area contributed by atoms with E-state index < -0.39 is 0 Å². The number of quaternary nitrogens is 2. The zero-order valence-corrected chi connectivity index (χ0v) is 18.3. The minimum atomic E-state index is 0.205. The number of hydrogen-bond acceptors (Lipinski definition) is 3. The lowest BCUT2D eigenvalue weighted by atomic mass is 9.95. The minimum absolute atomic E-state index is 0.205. The zero-order chi connectivity index (χ0) is 20.9. The Labute approximate surface area is 184 Å². The molecule has 2 N–H and O–H groups in total. The molecule has 1 saturated carbocycles. The molecule has 5 rings (SSSR count). The topological polar surface area (TPSA) is 52.5 Å². The van der Waals surface area contributed by atoms with Gasteiger partial charge in [-0.3, -0.25) is 0 Å². The molecule has 6 nitrogen and oxygen atoms in total. The summed E-state index contributed by atoms with van der Waals surface area (Å²) in [6, 6.07) is 22.4. The van der Waals surface area contributed by atoms with Gasteiger partial charge in [-0.05, 0) is 23.3 Å². The molecular formula is C25H34N6+2. The van der Waals surface area contributed by atoms with Gasteiger partial charge >= 0.3 is 0 Å². The first-order valence-electron chi connectivity index (χ1n) is 11.9. The summed E-state index contributed by atoms with van der Waals surface area (Å²) >= 11 is 0. The van der Waals surface area contributed by atoms with Crippen LogP contribution in [0.2, 0.25) is 0 Å². The van der Waals surface area contributed by atoms with Crippen LogP contribution in [0.5, 0.6) is 0 Å². The summed E-state index contributed by atoms with van der Waals surface area (Å²) in [6.07, 6.45) is 6.31. The van der Waals surface area contributed by atoms with E-state index in [1.807, 2.05) is 0 Å². The Balaban J connectivity index is 1.36. The molecule has 162 valence electrons. The summed E-state index contributed by atoms with van der Waals surface area (Å²) in [7, 11) is 0. The SMILES string of the molecule is c1ccc(C[NH+]2CC[NH+]([C@H](c3ccccc3)c3nnnn3C3CCCCC3)CC2)cc1.